The van der Waals surface area contributed by atoms with E-state index >= 15 is 0 Å². The number of hydrogen-bond donors (Lipinski definition) is 1. The normalized spacial score (nSPS) is 12.2. The first-order valence-electron chi connectivity index (χ1n) is 9.87. The lowest BCUT2D eigenvalue weighted by Gasteiger charge is -2.28. The summed E-state index contributed by atoms with van der Waals surface area (Å²) in [6.07, 6.45) is 2.07. The standard InChI is InChI=1S/C21H24N4O4S3/c1-4-14-30-21-24-23-20(31-21)22-19(26)15(2)25(32(3,27)28)16-10-12-18(13-11-16)29-17-8-6-5-7-9-17/h5-13,15H,4,14H2,1-3H3,(H,22,23,26). The van der Waals surface area contributed by atoms with Crippen molar-refractivity contribution in [3.8, 4) is 11.5 Å². The molecule has 8 nitrogen and oxygen atoms in total. The molecule has 1 atom stereocenters. The van der Waals surface area contributed by atoms with Gasteiger partial charge in [0.15, 0.2) is 4.34 Å². The topological polar surface area (TPSA) is 101 Å². The third-order valence-electron chi connectivity index (χ3n) is 4.22. The van der Waals surface area contributed by atoms with Gasteiger partial charge in [0.05, 0.1) is 11.9 Å². The van der Waals surface area contributed by atoms with Crippen LogP contribution in [0.2, 0.25) is 0 Å². The average Bonchev–Trinajstić information content (AvgIpc) is 3.20. The molecule has 2 aromatic carbocycles. The molecule has 1 N–H and O–H groups in total. The molecule has 0 aliphatic rings. The average molecular weight is 493 g/mol. The molecule has 32 heavy (non-hydrogen) atoms. The Balaban J connectivity index is 1.74. The van der Waals surface area contributed by atoms with Gasteiger partial charge in [-0.25, -0.2) is 8.42 Å². The first-order valence-corrected chi connectivity index (χ1v) is 13.5. The lowest BCUT2D eigenvalue weighted by atomic mass is 10.2. The number of benzene rings is 2. The van der Waals surface area contributed by atoms with E-state index in [0.29, 0.717) is 22.3 Å². The second kappa shape index (κ2) is 10.8. The van der Waals surface area contributed by atoms with Gasteiger partial charge in [0, 0.05) is 5.75 Å². The maximum Gasteiger partial charge on any atom is 0.249 e. The zero-order valence-corrected chi connectivity index (χ0v) is 20.3. The van der Waals surface area contributed by atoms with Gasteiger partial charge in [-0.2, -0.15) is 0 Å². The Morgan fingerprint density at radius 2 is 1.78 bits per heavy atom. The SMILES string of the molecule is CCCSc1nnc(NC(=O)C(C)N(c2ccc(Oc3ccccc3)cc2)S(C)(=O)=O)s1. The van der Waals surface area contributed by atoms with E-state index in [1.165, 1.54) is 18.3 Å². The van der Waals surface area contributed by atoms with E-state index in [4.69, 9.17) is 4.74 Å². The molecular formula is C21H24N4O4S3. The molecule has 1 unspecified atom stereocenters. The number of para-hydroxylation sites is 1. The summed E-state index contributed by atoms with van der Waals surface area (Å²) in [7, 11) is -3.74. The first-order chi connectivity index (χ1) is 15.3. The molecule has 0 fully saturated rings. The number of amides is 1. The van der Waals surface area contributed by atoms with Crippen LogP contribution in [0, 0.1) is 0 Å². The largest absolute Gasteiger partial charge is 0.457 e. The van der Waals surface area contributed by atoms with E-state index in [0.717, 1.165) is 27.1 Å². The number of anilines is 2. The van der Waals surface area contributed by atoms with Crippen LogP contribution in [0.25, 0.3) is 0 Å². The highest BCUT2D eigenvalue weighted by Gasteiger charge is 2.29. The van der Waals surface area contributed by atoms with E-state index in [1.54, 1.807) is 36.0 Å². The molecule has 1 heterocycles. The van der Waals surface area contributed by atoms with Gasteiger partial charge >= 0.3 is 0 Å². The maximum atomic E-state index is 12.8. The molecule has 170 valence electrons. The zero-order valence-electron chi connectivity index (χ0n) is 17.9. The second-order valence-corrected chi connectivity index (χ2v) is 11.0. The van der Waals surface area contributed by atoms with Gasteiger partial charge in [0.2, 0.25) is 21.1 Å². The molecule has 3 rings (SSSR count). The molecule has 0 radical (unpaired) electrons. The Morgan fingerprint density at radius 1 is 1.12 bits per heavy atom. The molecule has 0 aliphatic heterocycles. The van der Waals surface area contributed by atoms with Crippen LogP contribution < -0.4 is 14.4 Å². The minimum Gasteiger partial charge on any atom is -0.457 e. The van der Waals surface area contributed by atoms with Crippen molar-refractivity contribution in [2.24, 2.45) is 0 Å². The van der Waals surface area contributed by atoms with Crippen molar-refractivity contribution in [3.63, 3.8) is 0 Å². The number of hydrogen-bond acceptors (Lipinski definition) is 8. The number of rotatable bonds is 10. The van der Waals surface area contributed by atoms with Crippen LogP contribution in [-0.4, -0.2) is 42.6 Å². The molecule has 0 spiro atoms. The maximum absolute atomic E-state index is 12.8. The fraction of sp³-hybridized carbons (Fsp3) is 0.286. The number of nitrogens with one attached hydrogen (secondary N) is 1. The van der Waals surface area contributed by atoms with Crippen LogP contribution in [0.3, 0.4) is 0 Å². The molecule has 11 heteroatoms. The molecule has 1 aromatic heterocycles. The summed E-state index contributed by atoms with van der Waals surface area (Å²) in [5, 5.41) is 11.0. The fourth-order valence-corrected chi connectivity index (χ4v) is 5.67. The van der Waals surface area contributed by atoms with Crippen LogP contribution >= 0.6 is 23.1 Å². The van der Waals surface area contributed by atoms with Crippen molar-refractivity contribution in [3.05, 3.63) is 54.6 Å². The smallest absolute Gasteiger partial charge is 0.249 e. The van der Waals surface area contributed by atoms with Crippen LogP contribution in [0.5, 0.6) is 11.5 Å². The highest BCUT2D eigenvalue weighted by Crippen LogP contribution is 2.28. The van der Waals surface area contributed by atoms with Gasteiger partial charge in [-0.1, -0.05) is 48.2 Å². The van der Waals surface area contributed by atoms with Gasteiger partial charge < -0.3 is 4.74 Å². The van der Waals surface area contributed by atoms with E-state index in [9.17, 15) is 13.2 Å². The number of aromatic nitrogens is 2. The van der Waals surface area contributed by atoms with Crippen molar-refractivity contribution in [1.29, 1.82) is 0 Å². The summed E-state index contributed by atoms with van der Waals surface area (Å²) in [4.78, 5) is 12.8. The van der Waals surface area contributed by atoms with Gasteiger partial charge in [0.1, 0.15) is 17.5 Å². The number of carbonyl (C=O) groups is 1. The summed E-state index contributed by atoms with van der Waals surface area (Å²) in [5.74, 6) is 1.63. The van der Waals surface area contributed by atoms with E-state index in [1.807, 2.05) is 30.3 Å². The number of sulfonamides is 1. The van der Waals surface area contributed by atoms with Gasteiger partial charge in [-0.3, -0.25) is 14.4 Å². The molecule has 3 aromatic rings. The molecule has 0 bridgehead atoms. The summed E-state index contributed by atoms with van der Waals surface area (Å²) in [6, 6.07) is 14.8. The van der Waals surface area contributed by atoms with E-state index in [2.05, 4.69) is 22.4 Å². The Morgan fingerprint density at radius 3 is 2.41 bits per heavy atom. The minimum absolute atomic E-state index is 0.334. The Labute approximate surface area is 196 Å². The Hall–Kier alpha value is -2.63. The third-order valence-corrected chi connectivity index (χ3v) is 7.64. The number of carbonyl (C=O) groups excluding carboxylic acids is 1. The van der Waals surface area contributed by atoms with E-state index in [-0.39, 0.29) is 0 Å². The van der Waals surface area contributed by atoms with Crippen molar-refractivity contribution < 1.29 is 17.9 Å². The predicted molar refractivity (Wildman–Crippen MR) is 129 cm³/mol. The highest BCUT2D eigenvalue weighted by atomic mass is 32.2. The molecule has 0 saturated heterocycles. The summed E-state index contributed by atoms with van der Waals surface area (Å²) < 4.78 is 32.6. The summed E-state index contributed by atoms with van der Waals surface area (Å²) in [6.45, 7) is 3.59. The summed E-state index contributed by atoms with van der Waals surface area (Å²) >= 11 is 2.82. The summed E-state index contributed by atoms with van der Waals surface area (Å²) in [5.41, 5.74) is 0.354. The highest BCUT2D eigenvalue weighted by molar-refractivity contribution is 8.01. The lowest BCUT2D eigenvalue weighted by Crippen LogP contribution is -2.45. The Kier molecular flexibility index (Phi) is 8.10. The van der Waals surface area contributed by atoms with Gasteiger partial charge in [0.25, 0.3) is 0 Å². The zero-order chi connectivity index (χ0) is 23.1. The third kappa shape index (κ3) is 6.44. The number of thioether (sulfide) groups is 1. The van der Waals surface area contributed by atoms with Crippen molar-refractivity contribution in [2.75, 3.05) is 21.6 Å². The monoisotopic (exact) mass is 492 g/mol. The van der Waals surface area contributed by atoms with Crippen LogP contribution in [0.15, 0.2) is 58.9 Å². The number of ether oxygens (including phenoxy) is 1. The lowest BCUT2D eigenvalue weighted by molar-refractivity contribution is -0.116. The molecule has 1 amide bonds. The Bertz CT molecular complexity index is 1140. The fourth-order valence-electron chi connectivity index (χ4n) is 2.81. The van der Waals surface area contributed by atoms with Crippen LogP contribution in [0.1, 0.15) is 20.3 Å². The van der Waals surface area contributed by atoms with Crippen molar-refractivity contribution in [2.45, 2.75) is 30.6 Å². The first kappa shape index (κ1) is 24.0. The van der Waals surface area contributed by atoms with E-state index < -0.39 is 22.0 Å². The minimum atomic E-state index is -3.74. The quantitative estimate of drug-likeness (QED) is 0.325. The van der Waals surface area contributed by atoms with Crippen LogP contribution in [0.4, 0.5) is 10.8 Å². The predicted octanol–water partition coefficient (Wildman–Crippen LogP) is 4.63. The van der Waals surface area contributed by atoms with Crippen molar-refractivity contribution in [1.82, 2.24) is 10.2 Å². The number of nitrogens with zero attached hydrogens (tertiary/aromatic N) is 3. The molecule has 0 aliphatic carbocycles. The van der Waals surface area contributed by atoms with Crippen molar-refractivity contribution >= 4 is 49.8 Å². The van der Waals surface area contributed by atoms with Gasteiger partial charge in [-0.05, 0) is 49.7 Å². The molecular weight excluding hydrogens is 468 g/mol. The van der Waals surface area contributed by atoms with Gasteiger partial charge in [-0.15, -0.1) is 10.2 Å². The van der Waals surface area contributed by atoms with Crippen LogP contribution in [-0.2, 0) is 14.8 Å². The second-order valence-electron chi connectivity index (χ2n) is 6.85. The molecule has 0 saturated carbocycles.